The predicted octanol–water partition coefficient (Wildman–Crippen LogP) is 3.83. The van der Waals surface area contributed by atoms with Crippen LogP contribution < -0.4 is 4.74 Å². The van der Waals surface area contributed by atoms with Gasteiger partial charge in [-0.05, 0) is 42.2 Å². The zero-order valence-corrected chi connectivity index (χ0v) is 16.4. The molecular formula is C22H28N2O3. The number of rotatable bonds is 6. The van der Waals surface area contributed by atoms with E-state index in [1.807, 2.05) is 41.0 Å². The van der Waals surface area contributed by atoms with E-state index in [2.05, 4.69) is 37.9 Å². The van der Waals surface area contributed by atoms with Gasteiger partial charge in [0.2, 0.25) is 0 Å². The average molecular weight is 368 g/mol. The van der Waals surface area contributed by atoms with Crippen LogP contribution in [0.4, 0.5) is 0 Å². The van der Waals surface area contributed by atoms with Gasteiger partial charge in [-0.25, -0.2) is 4.98 Å². The van der Waals surface area contributed by atoms with Gasteiger partial charge >= 0.3 is 0 Å². The fourth-order valence-corrected chi connectivity index (χ4v) is 3.11. The standard InChI is InChI=1S/C22H28N2O3/c1-15(25)21-23-19-7-5-6-8-20(19)24(21)13-17(26)14-27-18-11-9-16(10-12-18)22(2,3)4/h5-12,15,17,25-26H,13-14H2,1-4H3. The van der Waals surface area contributed by atoms with Crippen molar-refractivity contribution in [3.63, 3.8) is 0 Å². The number of aromatic nitrogens is 2. The monoisotopic (exact) mass is 368 g/mol. The van der Waals surface area contributed by atoms with Crippen LogP contribution in [0, 0.1) is 0 Å². The molecule has 0 aliphatic rings. The molecule has 0 radical (unpaired) electrons. The number of fused-ring (bicyclic) bond motifs is 1. The highest BCUT2D eigenvalue weighted by molar-refractivity contribution is 5.76. The lowest BCUT2D eigenvalue weighted by molar-refractivity contribution is 0.0895. The Morgan fingerprint density at radius 3 is 2.33 bits per heavy atom. The second kappa shape index (κ2) is 7.71. The van der Waals surface area contributed by atoms with Crippen LogP contribution in [0.15, 0.2) is 48.5 Å². The maximum Gasteiger partial charge on any atom is 0.138 e. The topological polar surface area (TPSA) is 67.5 Å². The van der Waals surface area contributed by atoms with E-state index in [1.165, 1.54) is 5.56 Å². The third kappa shape index (κ3) is 4.49. The smallest absolute Gasteiger partial charge is 0.138 e. The van der Waals surface area contributed by atoms with Crippen molar-refractivity contribution in [1.82, 2.24) is 9.55 Å². The van der Waals surface area contributed by atoms with E-state index in [0.717, 1.165) is 16.8 Å². The van der Waals surface area contributed by atoms with Crippen molar-refractivity contribution >= 4 is 11.0 Å². The van der Waals surface area contributed by atoms with Gasteiger partial charge in [0, 0.05) is 0 Å². The van der Waals surface area contributed by atoms with Gasteiger partial charge in [0.15, 0.2) is 0 Å². The average Bonchev–Trinajstić information content (AvgIpc) is 2.98. The Hall–Kier alpha value is -2.37. The molecule has 0 spiro atoms. The summed E-state index contributed by atoms with van der Waals surface area (Å²) in [6.07, 6.45) is -1.43. The first-order valence-corrected chi connectivity index (χ1v) is 9.30. The lowest BCUT2D eigenvalue weighted by atomic mass is 9.87. The largest absolute Gasteiger partial charge is 0.491 e. The van der Waals surface area contributed by atoms with Gasteiger partial charge < -0.3 is 19.5 Å². The molecular weight excluding hydrogens is 340 g/mol. The molecule has 1 heterocycles. The summed E-state index contributed by atoms with van der Waals surface area (Å²) in [5.41, 5.74) is 3.03. The van der Waals surface area contributed by atoms with Crippen molar-refractivity contribution in [2.45, 2.75) is 51.9 Å². The molecule has 144 valence electrons. The van der Waals surface area contributed by atoms with E-state index < -0.39 is 12.2 Å². The van der Waals surface area contributed by atoms with E-state index in [4.69, 9.17) is 4.74 Å². The number of nitrogens with zero attached hydrogens (tertiary/aromatic N) is 2. The van der Waals surface area contributed by atoms with E-state index in [9.17, 15) is 10.2 Å². The lowest BCUT2D eigenvalue weighted by Gasteiger charge is -2.20. The molecule has 0 saturated heterocycles. The number of imidazole rings is 1. The van der Waals surface area contributed by atoms with Crippen molar-refractivity contribution < 1.29 is 14.9 Å². The summed E-state index contributed by atoms with van der Waals surface area (Å²) >= 11 is 0. The van der Waals surface area contributed by atoms with Gasteiger partial charge in [-0.3, -0.25) is 0 Å². The summed E-state index contributed by atoms with van der Waals surface area (Å²) in [6, 6.07) is 15.6. The van der Waals surface area contributed by atoms with E-state index >= 15 is 0 Å². The number of benzene rings is 2. The van der Waals surface area contributed by atoms with Crippen LogP contribution in [-0.4, -0.2) is 32.5 Å². The van der Waals surface area contributed by atoms with Crippen molar-refractivity contribution in [1.29, 1.82) is 0 Å². The van der Waals surface area contributed by atoms with Gasteiger partial charge in [0.25, 0.3) is 0 Å². The minimum absolute atomic E-state index is 0.0952. The van der Waals surface area contributed by atoms with Crippen LogP contribution in [0.25, 0.3) is 11.0 Å². The van der Waals surface area contributed by atoms with Crippen LogP contribution in [0.3, 0.4) is 0 Å². The summed E-state index contributed by atoms with van der Waals surface area (Å²) in [4.78, 5) is 4.48. The number of para-hydroxylation sites is 2. The minimum atomic E-state index is -0.720. The van der Waals surface area contributed by atoms with Crippen LogP contribution in [-0.2, 0) is 12.0 Å². The molecule has 0 aliphatic carbocycles. The molecule has 0 fully saturated rings. The van der Waals surface area contributed by atoms with Crippen LogP contribution in [0.2, 0.25) is 0 Å². The number of ether oxygens (including phenoxy) is 1. The van der Waals surface area contributed by atoms with E-state index in [0.29, 0.717) is 12.4 Å². The molecule has 2 atom stereocenters. The van der Waals surface area contributed by atoms with Gasteiger partial charge in [-0.2, -0.15) is 0 Å². The molecule has 27 heavy (non-hydrogen) atoms. The molecule has 1 aromatic heterocycles. The van der Waals surface area contributed by atoms with E-state index in [-0.39, 0.29) is 12.0 Å². The second-order valence-corrected chi connectivity index (χ2v) is 7.98. The first kappa shape index (κ1) is 19.4. The Balaban J connectivity index is 1.68. The van der Waals surface area contributed by atoms with Crippen LogP contribution in [0.5, 0.6) is 5.75 Å². The highest BCUT2D eigenvalue weighted by Crippen LogP contribution is 2.25. The maximum atomic E-state index is 10.5. The van der Waals surface area contributed by atoms with Gasteiger partial charge in [0.05, 0.1) is 17.6 Å². The number of aliphatic hydroxyl groups excluding tert-OH is 2. The van der Waals surface area contributed by atoms with Crippen molar-refractivity contribution in [2.75, 3.05) is 6.61 Å². The summed E-state index contributed by atoms with van der Waals surface area (Å²) in [6.45, 7) is 8.66. The third-order valence-corrected chi connectivity index (χ3v) is 4.61. The molecule has 2 unspecified atom stereocenters. The normalized spacial score (nSPS) is 14.3. The quantitative estimate of drug-likeness (QED) is 0.694. The molecule has 0 amide bonds. The molecule has 2 aromatic carbocycles. The highest BCUT2D eigenvalue weighted by atomic mass is 16.5. The summed E-state index contributed by atoms with van der Waals surface area (Å²) in [5.74, 6) is 1.28. The minimum Gasteiger partial charge on any atom is -0.491 e. The fourth-order valence-electron chi connectivity index (χ4n) is 3.11. The molecule has 3 rings (SSSR count). The number of hydrogen-bond donors (Lipinski definition) is 2. The second-order valence-electron chi connectivity index (χ2n) is 7.98. The maximum absolute atomic E-state index is 10.5. The van der Waals surface area contributed by atoms with Gasteiger partial charge in [-0.15, -0.1) is 0 Å². The lowest BCUT2D eigenvalue weighted by Crippen LogP contribution is -2.25. The Labute approximate surface area is 160 Å². The predicted molar refractivity (Wildman–Crippen MR) is 107 cm³/mol. The number of aliphatic hydroxyl groups is 2. The first-order valence-electron chi connectivity index (χ1n) is 9.30. The first-order chi connectivity index (χ1) is 12.8. The summed E-state index contributed by atoms with van der Waals surface area (Å²) in [5, 5.41) is 20.5. The van der Waals surface area contributed by atoms with Gasteiger partial charge in [0.1, 0.15) is 30.4 Å². The zero-order valence-electron chi connectivity index (χ0n) is 16.4. The third-order valence-electron chi connectivity index (χ3n) is 4.61. The van der Waals surface area contributed by atoms with Crippen molar-refractivity contribution in [3.8, 4) is 5.75 Å². The Morgan fingerprint density at radius 1 is 1.04 bits per heavy atom. The number of hydrogen-bond acceptors (Lipinski definition) is 4. The van der Waals surface area contributed by atoms with Crippen LogP contribution >= 0.6 is 0 Å². The van der Waals surface area contributed by atoms with E-state index in [1.54, 1.807) is 6.92 Å². The van der Waals surface area contributed by atoms with Crippen molar-refractivity contribution in [2.24, 2.45) is 0 Å². The Morgan fingerprint density at radius 2 is 1.70 bits per heavy atom. The van der Waals surface area contributed by atoms with Crippen molar-refractivity contribution in [3.05, 3.63) is 59.9 Å². The Bertz CT molecular complexity index is 892. The summed E-state index contributed by atoms with van der Waals surface area (Å²) < 4.78 is 7.61. The van der Waals surface area contributed by atoms with Gasteiger partial charge in [-0.1, -0.05) is 45.0 Å². The highest BCUT2D eigenvalue weighted by Gasteiger charge is 2.18. The zero-order chi connectivity index (χ0) is 19.6. The molecule has 0 aliphatic heterocycles. The molecule has 5 nitrogen and oxygen atoms in total. The molecule has 2 N–H and O–H groups in total. The fraction of sp³-hybridized carbons (Fsp3) is 0.409. The molecule has 0 bridgehead atoms. The Kier molecular flexibility index (Phi) is 5.53. The molecule has 3 aromatic rings. The summed E-state index contributed by atoms with van der Waals surface area (Å²) in [7, 11) is 0. The molecule has 5 heteroatoms. The molecule has 0 saturated carbocycles. The SMILES string of the molecule is CC(O)c1nc2ccccc2n1CC(O)COc1ccc(C(C)(C)C)cc1. The van der Waals surface area contributed by atoms with Crippen LogP contribution in [0.1, 0.15) is 45.2 Å².